The van der Waals surface area contributed by atoms with Crippen LogP contribution in [0.25, 0.3) is 0 Å². The van der Waals surface area contributed by atoms with Gasteiger partial charge in [0.05, 0.1) is 10.3 Å². The molecule has 0 aliphatic heterocycles. The van der Waals surface area contributed by atoms with Crippen LogP contribution in [0.2, 0.25) is 0 Å². The minimum Gasteiger partial charge on any atom is -0.507 e. The highest BCUT2D eigenvalue weighted by Crippen LogP contribution is 2.20. The maximum absolute atomic E-state index is 11.9. The second-order valence-corrected chi connectivity index (χ2v) is 7.43. The molecule has 1 rings (SSSR count). The Bertz CT molecular complexity index is 584. The van der Waals surface area contributed by atoms with E-state index in [2.05, 4.69) is 5.32 Å². The van der Waals surface area contributed by atoms with Gasteiger partial charge in [-0.1, -0.05) is 12.1 Å². The first-order chi connectivity index (χ1) is 9.21. The van der Waals surface area contributed by atoms with E-state index >= 15 is 0 Å². The summed E-state index contributed by atoms with van der Waals surface area (Å²) in [5.41, 5.74) is 0.0762. The van der Waals surface area contributed by atoms with Crippen molar-refractivity contribution in [3.05, 3.63) is 29.8 Å². The fourth-order valence-corrected chi connectivity index (χ4v) is 2.47. The van der Waals surface area contributed by atoms with E-state index in [1.165, 1.54) is 19.1 Å². The van der Waals surface area contributed by atoms with Gasteiger partial charge in [-0.3, -0.25) is 4.79 Å². The van der Waals surface area contributed by atoms with Gasteiger partial charge in [0.15, 0.2) is 9.84 Å². The molecule has 0 radical (unpaired) electrons. The number of aliphatic hydroxyl groups excluding tert-OH is 1. The number of amides is 1. The molecule has 7 heteroatoms. The summed E-state index contributed by atoms with van der Waals surface area (Å²) in [6.45, 7) is 1.03. The molecule has 0 spiro atoms. The van der Waals surface area contributed by atoms with Crippen molar-refractivity contribution in [3.8, 4) is 5.75 Å². The first kappa shape index (κ1) is 16.5. The Morgan fingerprint density at radius 1 is 1.35 bits per heavy atom. The van der Waals surface area contributed by atoms with Crippen LogP contribution >= 0.6 is 0 Å². The smallest absolute Gasteiger partial charge is 0.255 e. The third-order valence-electron chi connectivity index (χ3n) is 3.31. The Morgan fingerprint density at radius 2 is 1.95 bits per heavy atom. The fraction of sp³-hybridized carbons (Fsp3) is 0.462. The number of aliphatic hydroxyl groups is 1. The lowest BCUT2D eigenvalue weighted by Gasteiger charge is -2.27. The molecule has 1 atom stereocenters. The zero-order valence-electron chi connectivity index (χ0n) is 11.5. The molecule has 3 N–H and O–H groups in total. The quantitative estimate of drug-likeness (QED) is 0.701. The van der Waals surface area contributed by atoms with Crippen molar-refractivity contribution in [1.29, 1.82) is 0 Å². The highest BCUT2D eigenvalue weighted by molar-refractivity contribution is 7.92. The summed E-state index contributed by atoms with van der Waals surface area (Å²) in [4.78, 5) is 11.9. The van der Waals surface area contributed by atoms with E-state index in [9.17, 15) is 18.3 Å². The van der Waals surface area contributed by atoms with Crippen molar-refractivity contribution in [2.24, 2.45) is 0 Å². The Labute approximate surface area is 118 Å². The second kappa shape index (κ2) is 6.23. The molecule has 0 saturated carbocycles. The summed E-state index contributed by atoms with van der Waals surface area (Å²) in [5, 5.41) is 21.0. The lowest BCUT2D eigenvalue weighted by Crippen LogP contribution is -2.46. The van der Waals surface area contributed by atoms with Gasteiger partial charge in [0.1, 0.15) is 5.75 Å². The lowest BCUT2D eigenvalue weighted by molar-refractivity contribution is 0.0945. The largest absolute Gasteiger partial charge is 0.507 e. The Kier molecular flexibility index (Phi) is 5.13. The highest BCUT2D eigenvalue weighted by atomic mass is 32.2. The summed E-state index contributed by atoms with van der Waals surface area (Å²) in [7, 11) is -3.45. The zero-order valence-corrected chi connectivity index (χ0v) is 12.3. The van der Waals surface area contributed by atoms with Crippen LogP contribution in [0.5, 0.6) is 5.75 Å². The van der Waals surface area contributed by atoms with E-state index in [4.69, 9.17) is 5.11 Å². The third-order valence-corrected chi connectivity index (χ3v) is 5.45. The highest BCUT2D eigenvalue weighted by Gasteiger charge is 2.35. The molecule has 0 heterocycles. The SMILES string of the molecule is CC(CCO)(CNC(=O)c1ccccc1O)S(C)(=O)=O. The molecule has 6 nitrogen and oxygen atoms in total. The molecule has 1 amide bonds. The fourth-order valence-electron chi connectivity index (χ4n) is 1.67. The molecule has 0 bridgehead atoms. The van der Waals surface area contributed by atoms with E-state index in [0.717, 1.165) is 6.26 Å². The molecule has 112 valence electrons. The van der Waals surface area contributed by atoms with Crippen LogP contribution in [0.3, 0.4) is 0 Å². The van der Waals surface area contributed by atoms with Crippen LogP contribution in [-0.2, 0) is 9.84 Å². The van der Waals surface area contributed by atoms with E-state index < -0.39 is 20.5 Å². The summed E-state index contributed by atoms with van der Waals surface area (Å²) < 4.78 is 22.2. The van der Waals surface area contributed by atoms with Crippen LogP contribution < -0.4 is 5.32 Å². The number of rotatable bonds is 6. The van der Waals surface area contributed by atoms with Crippen LogP contribution in [0.15, 0.2) is 24.3 Å². The first-order valence-corrected chi connectivity index (χ1v) is 7.97. The number of aromatic hydroxyl groups is 1. The number of nitrogens with one attached hydrogen (secondary N) is 1. The number of phenols is 1. The average Bonchev–Trinajstić information content (AvgIpc) is 2.35. The minimum atomic E-state index is -3.45. The Hall–Kier alpha value is -1.60. The first-order valence-electron chi connectivity index (χ1n) is 6.08. The number of benzene rings is 1. The molecule has 0 fully saturated rings. The summed E-state index contributed by atoms with van der Waals surface area (Å²) in [6.07, 6.45) is 1.09. The molecular formula is C13H19NO5S. The summed E-state index contributed by atoms with van der Waals surface area (Å²) >= 11 is 0. The number of hydrogen-bond donors (Lipinski definition) is 3. The van der Waals surface area contributed by atoms with Gasteiger partial charge in [-0.2, -0.15) is 0 Å². The van der Waals surface area contributed by atoms with E-state index in [1.807, 2.05) is 0 Å². The predicted octanol–water partition coefficient (Wildman–Crippen LogP) is 0.308. The van der Waals surface area contributed by atoms with Gasteiger partial charge < -0.3 is 15.5 Å². The van der Waals surface area contributed by atoms with Crippen molar-refractivity contribution < 1.29 is 23.4 Å². The predicted molar refractivity (Wildman–Crippen MR) is 75.4 cm³/mol. The Morgan fingerprint density at radius 3 is 2.45 bits per heavy atom. The third kappa shape index (κ3) is 3.71. The summed E-state index contributed by atoms with van der Waals surface area (Å²) in [5.74, 6) is -0.732. The van der Waals surface area contributed by atoms with E-state index in [1.54, 1.807) is 12.1 Å². The molecule has 1 unspecified atom stereocenters. The number of carbonyl (C=O) groups is 1. The van der Waals surface area contributed by atoms with Gasteiger partial charge in [0.2, 0.25) is 0 Å². The second-order valence-electron chi connectivity index (χ2n) is 4.90. The molecule has 0 aliphatic rings. The molecule has 0 aliphatic carbocycles. The number of phenolic OH excluding ortho intramolecular Hbond substituents is 1. The molecule has 0 aromatic heterocycles. The average molecular weight is 301 g/mol. The monoisotopic (exact) mass is 301 g/mol. The van der Waals surface area contributed by atoms with Crippen LogP contribution in [0.1, 0.15) is 23.7 Å². The number of hydrogen-bond acceptors (Lipinski definition) is 5. The van der Waals surface area contributed by atoms with Gasteiger partial charge in [0, 0.05) is 19.4 Å². The van der Waals surface area contributed by atoms with Crippen molar-refractivity contribution in [2.45, 2.75) is 18.1 Å². The van der Waals surface area contributed by atoms with Crippen molar-refractivity contribution >= 4 is 15.7 Å². The summed E-state index contributed by atoms with van der Waals surface area (Å²) in [6, 6.07) is 5.99. The number of para-hydroxylation sites is 1. The van der Waals surface area contributed by atoms with Crippen LogP contribution in [0.4, 0.5) is 0 Å². The topological polar surface area (TPSA) is 104 Å². The van der Waals surface area contributed by atoms with Gasteiger partial charge in [-0.25, -0.2) is 8.42 Å². The maximum atomic E-state index is 11.9. The molecule has 1 aromatic rings. The van der Waals surface area contributed by atoms with Crippen molar-refractivity contribution in [1.82, 2.24) is 5.32 Å². The lowest BCUT2D eigenvalue weighted by atomic mass is 10.1. The molecule has 0 saturated heterocycles. The van der Waals surface area contributed by atoms with Gasteiger partial charge in [-0.05, 0) is 25.5 Å². The van der Waals surface area contributed by atoms with Gasteiger partial charge >= 0.3 is 0 Å². The van der Waals surface area contributed by atoms with Crippen LogP contribution in [-0.4, -0.2) is 48.7 Å². The van der Waals surface area contributed by atoms with E-state index in [-0.39, 0.29) is 30.9 Å². The maximum Gasteiger partial charge on any atom is 0.255 e. The van der Waals surface area contributed by atoms with Gasteiger partial charge in [0.25, 0.3) is 5.91 Å². The minimum absolute atomic E-state index is 0.0207. The molecule has 1 aromatic carbocycles. The van der Waals surface area contributed by atoms with Crippen molar-refractivity contribution in [3.63, 3.8) is 0 Å². The van der Waals surface area contributed by atoms with E-state index in [0.29, 0.717) is 0 Å². The number of carbonyl (C=O) groups excluding carboxylic acids is 1. The van der Waals surface area contributed by atoms with Crippen LogP contribution in [0, 0.1) is 0 Å². The molecule has 20 heavy (non-hydrogen) atoms. The standard InChI is InChI=1S/C13H19NO5S/c1-13(7-8-15,20(2,18)19)9-14-12(17)10-5-3-4-6-11(10)16/h3-6,15-16H,7-9H2,1-2H3,(H,14,17). The van der Waals surface area contributed by atoms with Crippen molar-refractivity contribution in [2.75, 3.05) is 19.4 Å². The zero-order chi connectivity index (χ0) is 15.4. The molecular weight excluding hydrogens is 282 g/mol. The normalized spacial score (nSPS) is 14.6. The van der Waals surface area contributed by atoms with Gasteiger partial charge in [-0.15, -0.1) is 0 Å². The number of sulfone groups is 1. The Balaban J connectivity index is 2.84.